The fourth-order valence-corrected chi connectivity index (χ4v) is 1.98. The van der Waals surface area contributed by atoms with Crippen LogP contribution in [-0.4, -0.2) is 42.8 Å². The van der Waals surface area contributed by atoms with Gasteiger partial charge in [0.2, 0.25) is 0 Å². The summed E-state index contributed by atoms with van der Waals surface area (Å²) in [4.78, 5) is 2.43. The molecule has 0 radical (unpaired) electrons. The van der Waals surface area contributed by atoms with Gasteiger partial charge in [-0.15, -0.1) is 0 Å². The first-order valence-electron chi connectivity index (χ1n) is 7.16. The van der Waals surface area contributed by atoms with Crippen molar-refractivity contribution in [2.75, 3.05) is 26.7 Å². The molecule has 0 heterocycles. The zero-order valence-electron chi connectivity index (χ0n) is 13.5. The zero-order chi connectivity index (χ0) is 14.4. The molecule has 0 unspecified atom stereocenters. The Balaban J connectivity index is 4.10. The number of ether oxygens (including phenoxy) is 1. The molecule has 0 aliphatic carbocycles. The van der Waals surface area contributed by atoms with Crippen LogP contribution in [0.1, 0.15) is 54.4 Å². The van der Waals surface area contributed by atoms with Crippen LogP contribution in [0.15, 0.2) is 0 Å². The Labute approximate surface area is 114 Å². The van der Waals surface area contributed by atoms with Gasteiger partial charge in [-0.05, 0) is 60.0 Å². The smallest absolute Gasteiger partial charge is 0.0638 e. The van der Waals surface area contributed by atoms with E-state index in [9.17, 15) is 0 Å². The normalized spacial score (nSPS) is 13.7. The molecule has 0 spiro atoms. The van der Waals surface area contributed by atoms with E-state index in [1.54, 1.807) is 0 Å². The Kier molecular flexibility index (Phi) is 7.41. The molecule has 0 aromatic carbocycles. The molecule has 0 saturated carbocycles. The van der Waals surface area contributed by atoms with Crippen molar-refractivity contribution in [2.45, 2.75) is 65.5 Å². The second-order valence-electron chi connectivity index (χ2n) is 6.98. The van der Waals surface area contributed by atoms with Crippen molar-refractivity contribution >= 4 is 0 Å². The summed E-state index contributed by atoms with van der Waals surface area (Å²) in [6.45, 7) is 15.9. The minimum atomic E-state index is -0.0958. The molecule has 0 aliphatic heterocycles. The largest absolute Gasteiger partial charge is 0.375 e. The maximum Gasteiger partial charge on any atom is 0.0638 e. The Morgan fingerprint density at radius 2 is 1.67 bits per heavy atom. The zero-order valence-corrected chi connectivity index (χ0v) is 13.5. The molecule has 0 aromatic heterocycles. The van der Waals surface area contributed by atoms with Crippen molar-refractivity contribution in [2.24, 2.45) is 11.7 Å². The highest BCUT2D eigenvalue weighted by atomic mass is 16.5. The van der Waals surface area contributed by atoms with Crippen LogP contribution < -0.4 is 5.73 Å². The SMILES string of the molecule is CC(C)CN(C)C(C)(C)CCOC(C)(C)CCN. The van der Waals surface area contributed by atoms with E-state index in [1.807, 2.05) is 0 Å². The van der Waals surface area contributed by atoms with Crippen LogP contribution in [0.25, 0.3) is 0 Å². The average Bonchev–Trinajstić information content (AvgIpc) is 2.15. The van der Waals surface area contributed by atoms with Crippen molar-refractivity contribution < 1.29 is 4.74 Å². The van der Waals surface area contributed by atoms with Gasteiger partial charge in [0, 0.05) is 18.7 Å². The number of hydrogen-bond donors (Lipinski definition) is 1. The van der Waals surface area contributed by atoms with Crippen molar-refractivity contribution in [1.29, 1.82) is 0 Å². The molecule has 3 nitrogen and oxygen atoms in total. The van der Waals surface area contributed by atoms with Crippen molar-refractivity contribution in [3.63, 3.8) is 0 Å². The highest BCUT2D eigenvalue weighted by molar-refractivity contribution is 4.80. The molecule has 3 heteroatoms. The summed E-state index contributed by atoms with van der Waals surface area (Å²) in [5.41, 5.74) is 5.67. The molecule has 110 valence electrons. The van der Waals surface area contributed by atoms with Gasteiger partial charge >= 0.3 is 0 Å². The number of nitrogens with zero attached hydrogens (tertiary/aromatic N) is 1. The summed E-state index contributed by atoms with van der Waals surface area (Å²) in [5, 5.41) is 0. The monoisotopic (exact) mass is 258 g/mol. The maximum absolute atomic E-state index is 5.95. The van der Waals surface area contributed by atoms with Crippen molar-refractivity contribution in [3.05, 3.63) is 0 Å². The minimum Gasteiger partial charge on any atom is -0.375 e. The van der Waals surface area contributed by atoms with Crippen molar-refractivity contribution in [1.82, 2.24) is 4.90 Å². The Morgan fingerprint density at radius 3 is 2.11 bits per heavy atom. The van der Waals surface area contributed by atoms with E-state index < -0.39 is 0 Å². The lowest BCUT2D eigenvalue weighted by molar-refractivity contribution is -0.0379. The minimum absolute atomic E-state index is 0.0958. The first kappa shape index (κ1) is 17.9. The van der Waals surface area contributed by atoms with E-state index in [-0.39, 0.29) is 11.1 Å². The summed E-state index contributed by atoms with van der Waals surface area (Å²) in [6, 6.07) is 0. The third kappa shape index (κ3) is 7.34. The topological polar surface area (TPSA) is 38.5 Å². The third-order valence-electron chi connectivity index (χ3n) is 3.63. The van der Waals surface area contributed by atoms with Gasteiger partial charge in [0.15, 0.2) is 0 Å². The highest BCUT2D eigenvalue weighted by Crippen LogP contribution is 2.21. The lowest BCUT2D eigenvalue weighted by atomic mass is 9.97. The van der Waals surface area contributed by atoms with Gasteiger partial charge in [0.05, 0.1) is 5.60 Å². The van der Waals surface area contributed by atoms with Crippen LogP contribution in [0.4, 0.5) is 0 Å². The summed E-state index contributed by atoms with van der Waals surface area (Å²) in [6.07, 6.45) is 1.96. The molecule has 18 heavy (non-hydrogen) atoms. The van der Waals surface area contributed by atoms with Crippen LogP contribution >= 0.6 is 0 Å². The Hall–Kier alpha value is -0.120. The number of rotatable bonds is 9. The molecule has 0 bridgehead atoms. The molecule has 0 aliphatic rings. The molecule has 0 atom stereocenters. The lowest BCUT2D eigenvalue weighted by Gasteiger charge is -2.37. The first-order valence-corrected chi connectivity index (χ1v) is 7.16. The summed E-state index contributed by atoms with van der Waals surface area (Å²) < 4.78 is 5.95. The molecule has 0 saturated heterocycles. The quantitative estimate of drug-likeness (QED) is 0.691. The van der Waals surface area contributed by atoms with Gasteiger partial charge in [-0.1, -0.05) is 13.8 Å². The van der Waals surface area contributed by atoms with E-state index in [1.165, 1.54) is 0 Å². The van der Waals surface area contributed by atoms with E-state index >= 15 is 0 Å². The second kappa shape index (κ2) is 7.46. The van der Waals surface area contributed by atoms with Gasteiger partial charge in [-0.3, -0.25) is 0 Å². The Bertz CT molecular complexity index is 225. The van der Waals surface area contributed by atoms with E-state index in [0.29, 0.717) is 12.5 Å². The lowest BCUT2D eigenvalue weighted by Crippen LogP contribution is -2.44. The molecule has 0 aromatic rings. The van der Waals surface area contributed by atoms with Gasteiger partial charge in [0.25, 0.3) is 0 Å². The predicted molar refractivity (Wildman–Crippen MR) is 79.9 cm³/mol. The van der Waals surface area contributed by atoms with E-state index in [0.717, 1.165) is 26.0 Å². The van der Waals surface area contributed by atoms with Crippen LogP contribution in [0, 0.1) is 5.92 Å². The van der Waals surface area contributed by atoms with Gasteiger partial charge in [-0.2, -0.15) is 0 Å². The van der Waals surface area contributed by atoms with Gasteiger partial charge in [-0.25, -0.2) is 0 Å². The molecule has 0 rings (SSSR count). The average molecular weight is 258 g/mol. The second-order valence-corrected chi connectivity index (χ2v) is 6.98. The molecule has 2 N–H and O–H groups in total. The van der Waals surface area contributed by atoms with Crippen LogP contribution in [0.2, 0.25) is 0 Å². The van der Waals surface area contributed by atoms with Crippen LogP contribution in [-0.2, 0) is 4.74 Å². The van der Waals surface area contributed by atoms with Crippen molar-refractivity contribution in [3.8, 4) is 0 Å². The fourth-order valence-electron chi connectivity index (χ4n) is 1.98. The van der Waals surface area contributed by atoms with Crippen LogP contribution in [0.5, 0.6) is 0 Å². The standard InChI is InChI=1S/C15H34N2O/c1-13(2)12-17(7)14(3,4)9-11-18-15(5,6)8-10-16/h13H,8-12,16H2,1-7H3. The number of nitrogens with two attached hydrogens (primary N) is 1. The molecular formula is C15H34N2O. The van der Waals surface area contributed by atoms with E-state index in [4.69, 9.17) is 10.5 Å². The first-order chi connectivity index (χ1) is 8.10. The molecule has 0 amide bonds. The maximum atomic E-state index is 5.95. The van der Waals surface area contributed by atoms with Crippen LogP contribution in [0.3, 0.4) is 0 Å². The summed E-state index contributed by atoms with van der Waals surface area (Å²) >= 11 is 0. The highest BCUT2D eigenvalue weighted by Gasteiger charge is 2.25. The fraction of sp³-hybridized carbons (Fsp3) is 1.00. The summed E-state index contributed by atoms with van der Waals surface area (Å²) in [7, 11) is 2.20. The van der Waals surface area contributed by atoms with Gasteiger partial charge in [0.1, 0.15) is 0 Å². The predicted octanol–water partition coefficient (Wildman–Crippen LogP) is 2.89. The summed E-state index contributed by atoms with van der Waals surface area (Å²) in [5.74, 6) is 0.698. The molecule has 0 fully saturated rings. The van der Waals surface area contributed by atoms with Gasteiger partial charge < -0.3 is 15.4 Å². The Morgan fingerprint density at radius 1 is 1.11 bits per heavy atom. The third-order valence-corrected chi connectivity index (χ3v) is 3.63. The number of hydrogen-bond acceptors (Lipinski definition) is 3. The van der Waals surface area contributed by atoms with E-state index in [2.05, 4.69) is 53.5 Å². The molecular weight excluding hydrogens is 224 g/mol.